The summed E-state index contributed by atoms with van der Waals surface area (Å²) in [7, 11) is 0. The maximum Gasteiger partial charge on any atom is 0.269 e. The van der Waals surface area contributed by atoms with Gasteiger partial charge in [0, 0.05) is 23.1 Å². The number of hydrogen-bond acceptors (Lipinski definition) is 5. The summed E-state index contributed by atoms with van der Waals surface area (Å²) in [6.45, 7) is 0. The molecule has 0 radical (unpaired) electrons. The van der Waals surface area contributed by atoms with Crippen LogP contribution in [0.15, 0.2) is 60.7 Å². The Morgan fingerprint density at radius 2 is 1.79 bits per heavy atom. The van der Waals surface area contributed by atoms with E-state index in [1.54, 1.807) is 6.07 Å². The fourth-order valence-corrected chi connectivity index (χ4v) is 3.00. The van der Waals surface area contributed by atoms with Gasteiger partial charge in [0.15, 0.2) is 11.6 Å². The van der Waals surface area contributed by atoms with Gasteiger partial charge < -0.3 is 10.6 Å². The van der Waals surface area contributed by atoms with E-state index >= 15 is 0 Å². The van der Waals surface area contributed by atoms with Gasteiger partial charge in [0.2, 0.25) is 0 Å². The van der Waals surface area contributed by atoms with Gasteiger partial charge >= 0.3 is 0 Å². The molecule has 1 amide bonds. The van der Waals surface area contributed by atoms with Gasteiger partial charge in [0.25, 0.3) is 5.91 Å². The zero-order valence-corrected chi connectivity index (χ0v) is 15.0. The molecule has 28 heavy (non-hydrogen) atoms. The van der Waals surface area contributed by atoms with Crippen molar-refractivity contribution in [1.29, 1.82) is 0 Å². The second-order valence-corrected chi connectivity index (χ2v) is 6.82. The number of carbonyl (C=O) groups is 1. The lowest BCUT2D eigenvalue weighted by atomic mass is 10.2. The van der Waals surface area contributed by atoms with Crippen LogP contribution in [0.4, 0.5) is 11.6 Å². The Kier molecular flexibility index (Phi) is 3.97. The molecule has 1 aliphatic carbocycles. The van der Waals surface area contributed by atoms with Crippen LogP contribution in [0.5, 0.6) is 0 Å². The molecule has 5 rings (SSSR count). The molecule has 2 aromatic heterocycles. The number of para-hydroxylation sites is 1. The van der Waals surface area contributed by atoms with Crippen LogP contribution in [-0.4, -0.2) is 32.1 Å². The van der Waals surface area contributed by atoms with Crippen molar-refractivity contribution in [1.82, 2.24) is 25.5 Å². The van der Waals surface area contributed by atoms with E-state index in [1.165, 1.54) is 0 Å². The molecular formula is C21H18N6O. The van der Waals surface area contributed by atoms with Crippen molar-refractivity contribution in [3.8, 4) is 11.4 Å². The highest BCUT2D eigenvalue weighted by atomic mass is 16.2. The van der Waals surface area contributed by atoms with Crippen molar-refractivity contribution >= 4 is 28.4 Å². The first-order valence-corrected chi connectivity index (χ1v) is 9.22. The third kappa shape index (κ3) is 3.29. The van der Waals surface area contributed by atoms with Crippen molar-refractivity contribution in [2.24, 2.45) is 0 Å². The van der Waals surface area contributed by atoms with E-state index in [1.807, 2.05) is 54.6 Å². The van der Waals surface area contributed by atoms with Crippen LogP contribution in [0.1, 0.15) is 23.3 Å². The van der Waals surface area contributed by atoms with Gasteiger partial charge in [0.1, 0.15) is 11.5 Å². The lowest BCUT2D eigenvalue weighted by Gasteiger charge is -2.09. The number of aromatic amines is 1. The number of aromatic nitrogens is 4. The smallest absolute Gasteiger partial charge is 0.269 e. The number of nitrogens with zero attached hydrogens (tertiary/aromatic N) is 3. The fraction of sp³-hybridized carbons (Fsp3) is 0.143. The van der Waals surface area contributed by atoms with Gasteiger partial charge in [-0.15, -0.1) is 0 Å². The van der Waals surface area contributed by atoms with E-state index in [4.69, 9.17) is 4.98 Å². The van der Waals surface area contributed by atoms with Crippen molar-refractivity contribution in [3.63, 3.8) is 0 Å². The number of H-pyrrole nitrogens is 1. The Hall–Kier alpha value is -3.74. The van der Waals surface area contributed by atoms with Crippen LogP contribution >= 0.6 is 0 Å². The monoisotopic (exact) mass is 370 g/mol. The molecule has 138 valence electrons. The van der Waals surface area contributed by atoms with Crippen molar-refractivity contribution < 1.29 is 4.79 Å². The van der Waals surface area contributed by atoms with E-state index in [9.17, 15) is 4.79 Å². The normalized spacial score (nSPS) is 13.4. The minimum absolute atomic E-state index is 0.138. The first kappa shape index (κ1) is 16.4. The molecule has 0 unspecified atom stereocenters. The molecule has 0 spiro atoms. The predicted molar refractivity (Wildman–Crippen MR) is 107 cm³/mol. The summed E-state index contributed by atoms with van der Waals surface area (Å²) >= 11 is 0. The molecule has 0 atom stereocenters. The Morgan fingerprint density at radius 3 is 2.61 bits per heavy atom. The highest BCUT2D eigenvalue weighted by Gasteiger charge is 2.24. The minimum atomic E-state index is -0.138. The van der Waals surface area contributed by atoms with E-state index in [0.717, 1.165) is 29.3 Å². The van der Waals surface area contributed by atoms with Crippen molar-refractivity contribution in [2.45, 2.75) is 18.9 Å². The Balaban J connectivity index is 1.49. The third-order valence-corrected chi connectivity index (χ3v) is 4.62. The molecule has 1 fully saturated rings. The molecule has 2 heterocycles. The number of carbonyl (C=O) groups excluding carboxylic acids is 1. The first-order valence-electron chi connectivity index (χ1n) is 9.22. The standard InChI is InChI=1S/C21H18N6O/c28-21(22-14-10-11-14)17-12-18(27-26-17)24-20-15-8-4-5-9-16(15)23-19(25-20)13-6-2-1-3-7-13/h1-9,12,14H,10-11H2,(H,22,28)(H2,23,24,25,26,27). The van der Waals surface area contributed by atoms with Gasteiger partial charge in [-0.1, -0.05) is 42.5 Å². The van der Waals surface area contributed by atoms with Crippen LogP contribution in [0.25, 0.3) is 22.3 Å². The molecule has 4 aromatic rings. The van der Waals surface area contributed by atoms with Crippen LogP contribution in [0, 0.1) is 0 Å². The Labute approximate surface area is 161 Å². The van der Waals surface area contributed by atoms with Crippen molar-refractivity contribution in [2.75, 3.05) is 5.32 Å². The summed E-state index contributed by atoms with van der Waals surface area (Å²) in [4.78, 5) is 21.6. The third-order valence-electron chi connectivity index (χ3n) is 4.62. The molecule has 1 aliphatic rings. The van der Waals surface area contributed by atoms with Crippen LogP contribution in [-0.2, 0) is 0 Å². The zero-order chi connectivity index (χ0) is 18.9. The maximum atomic E-state index is 12.2. The summed E-state index contributed by atoms with van der Waals surface area (Å²) in [5, 5.41) is 14.1. The molecule has 7 nitrogen and oxygen atoms in total. The van der Waals surface area contributed by atoms with Gasteiger partial charge in [-0.2, -0.15) is 5.10 Å². The van der Waals surface area contributed by atoms with Gasteiger partial charge in [-0.3, -0.25) is 9.89 Å². The average Bonchev–Trinajstić information content (AvgIpc) is 3.43. The van der Waals surface area contributed by atoms with Crippen LogP contribution < -0.4 is 10.6 Å². The van der Waals surface area contributed by atoms with Crippen molar-refractivity contribution in [3.05, 3.63) is 66.4 Å². The van der Waals surface area contributed by atoms with E-state index in [0.29, 0.717) is 29.2 Å². The van der Waals surface area contributed by atoms with E-state index in [-0.39, 0.29) is 5.91 Å². The quantitative estimate of drug-likeness (QED) is 0.498. The number of anilines is 2. The Morgan fingerprint density at radius 1 is 1.00 bits per heavy atom. The SMILES string of the molecule is O=C(NC1CC1)c1cc(Nc2nc(-c3ccccc3)nc3ccccc23)n[nH]1. The number of rotatable bonds is 5. The maximum absolute atomic E-state index is 12.2. The highest BCUT2D eigenvalue weighted by molar-refractivity contribution is 5.95. The molecule has 3 N–H and O–H groups in total. The number of benzene rings is 2. The lowest BCUT2D eigenvalue weighted by Crippen LogP contribution is -2.25. The molecule has 2 aromatic carbocycles. The highest BCUT2D eigenvalue weighted by Crippen LogP contribution is 2.27. The summed E-state index contributed by atoms with van der Waals surface area (Å²) in [5.74, 6) is 1.67. The number of hydrogen-bond donors (Lipinski definition) is 3. The summed E-state index contributed by atoms with van der Waals surface area (Å²) < 4.78 is 0. The molecule has 7 heteroatoms. The van der Waals surface area contributed by atoms with Crippen LogP contribution in [0.3, 0.4) is 0 Å². The van der Waals surface area contributed by atoms with Crippen LogP contribution in [0.2, 0.25) is 0 Å². The number of nitrogens with one attached hydrogen (secondary N) is 3. The van der Waals surface area contributed by atoms with Gasteiger partial charge in [-0.25, -0.2) is 9.97 Å². The average molecular weight is 370 g/mol. The van der Waals surface area contributed by atoms with E-state index < -0.39 is 0 Å². The zero-order valence-electron chi connectivity index (χ0n) is 15.0. The summed E-state index contributed by atoms with van der Waals surface area (Å²) in [6, 6.07) is 19.6. The fourth-order valence-electron chi connectivity index (χ4n) is 3.00. The largest absolute Gasteiger partial charge is 0.348 e. The van der Waals surface area contributed by atoms with Gasteiger partial charge in [0.05, 0.1) is 5.52 Å². The molecule has 0 bridgehead atoms. The lowest BCUT2D eigenvalue weighted by molar-refractivity contribution is 0.0946. The predicted octanol–water partition coefficient (Wildman–Crippen LogP) is 3.66. The number of amides is 1. The second-order valence-electron chi connectivity index (χ2n) is 6.82. The minimum Gasteiger partial charge on any atom is -0.348 e. The molecular weight excluding hydrogens is 352 g/mol. The second kappa shape index (κ2) is 6.77. The van der Waals surface area contributed by atoms with Gasteiger partial charge in [-0.05, 0) is 25.0 Å². The van der Waals surface area contributed by atoms with E-state index in [2.05, 4.69) is 25.8 Å². The first-order chi connectivity index (χ1) is 13.8. The summed E-state index contributed by atoms with van der Waals surface area (Å²) in [5.41, 5.74) is 2.19. The number of fused-ring (bicyclic) bond motifs is 1. The summed E-state index contributed by atoms with van der Waals surface area (Å²) in [6.07, 6.45) is 2.08. The molecule has 0 aliphatic heterocycles. The topological polar surface area (TPSA) is 95.6 Å². The molecule has 0 saturated heterocycles. The Bertz CT molecular complexity index is 1150. The molecule has 1 saturated carbocycles.